The highest BCUT2D eigenvalue weighted by atomic mass is 16.5. The third-order valence-electron chi connectivity index (χ3n) is 2.93. The first-order valence-electron chi connectivity index (χ1n) is 5.83. The molecule has 0 bridgehead atoms. The fourth-order valence-corrected chi connectivity index (χ4v) is 2.02. The van der Waals surface area contributed by atoms with Gasteiger partial charge in [0.15, 0.2) is 5.58 Å². The van der Waals surface area contributed by atoms with Crippen molar-refractivity contribution in [3.05, 3.63) is 42.1 Å². The first-order chi connectivity index (χ1) is 9.72. The van der Waals surface area contributed by atoms with E-state index in [1.54, 1.807) is 0 Å². The largest absolute Gasteiger partial charge is 0.480 e. The maximum absolute atomic E-state index is 11.2. The van der Waals surface area contributed by atoms with Crippen LogP contribution in [0.25, 0.3) is 22.2 Å². The summed E-state index contributed by atoms with van der Waals surface area (Å²) in [5.74, 6) is -0.842. The number of hydrogen-bond donors (Lipinski definition) is 1. The molecule has 0 unspecified atom stereocenters. The van der Waals surface area contributed by atoms with E-state index in [4.69, 9.17) is 14.4 Å². The summed E-state index contributed by atoms with van der Waals surface area (Å²) in [5.41, 5.74) is 1.42. The molecule has 0 saturated heterocycles. The van der Waals surface area contributed by atoms with E-state index in [1.165, 1.54) is 13.3 Å². The number of hydrogen-bond acceptors (Lipinski definition) is 5. The van der Waals surface area contributed by atoms with Crippen molar-refractivity contribution < 1.29 is 19.2 Å². The van der Waals surface area contributed by atoms with Crippen LogP contribution in [-0.2, 0) is 0 Å². The molecule has 1 aromatic carbocycles. The van der Waals surface area contributed by atoms with Gasteiger partial charge in [0.25, 0.3) is 0 Å². The lowest BCUT2D eigenvalue weighted by Gasteiger charge is -2.03. The van der Waals surface area contributed by atoms with E-state index in [0.29, 0.717) is 11.1 Å². The molecule has 0 amide bonds. The molecule has 6 nitrogen and oxygen atoms in total. The predicted octanol–water partition coefficient (Wildman–Crippen LogP) is 2.60. The topological polar surface area (TPSA) is 85.5 Å². The molecular weight excluding hydrogens is 260 g/mol. The highest BCUT2D eigenvalue weighted by Crippen LogP contribution is 2.35. The first-order valence-corrected chi connectivity index (χ1v) is 5.83. The number of carbonyl (C=O) groups is 1. The maximum atomic E-state index is 11.2. The van der Waals surface area contributed by atoms with Crippen molar-refractivity contribution in [1.29, 1.82) is 0 Å². The zero-order valence-corrected chi connectivity index (χ0v) is 10.5. The minimum absolute atomic E-state index is 0.0459. The van der Waals surface area contributed by atoms with E-state index >= 15 is 0 Å². The van der Waals surface area contributed by atoms with Crippen LogP contribution in [0.1, 0.15) is 10.4 Å². The third kappa shape index (κ3) is 1.78. The van der Waals surface area contributed by atoms with Gasteiger partial charge < -0.3 is 14.4 Å². The number of nitrogens with zero attached hydrogens (tertiary/aromatic N) is 2. The van der Waals surface area contributed by atoms with Gasteiger partial charge >= 0.3 is 5.97 Å². The number of benzene rings is 1. The Balaban J connectivity index is 2.35. The number of pyridine rings is 1. The van der Waals surface area contributed by atoms with Crippen LogP contribution >= 0.6 is 0 Å². The molecule has 0 atom stereocenters. The van der Waals surface area contributed by atoms with Crippen LogP contribution in [0.15, 0.2) is 41.1 Å². The van der Waals surface area contributed by atoms with E-state index < -0.39 is 5.97 Å². The smallest absolute Gasteiger partial charge is 0.341 e. The molecule has 0 aliphatic heterocycles. The zero-order chi connectivity index (χ0) is 14.1. The molecule has 2 heterocycles. The molecule has 0 saturated carbocycles. The number of aromatic nitrogens is 2. The average Bonchev–Trinajstić information content (AvgIpc) is 2.91. The van der Waals surface area contributed by atoms with Crippen LogP contribution in [0, 0.1) is 0 Å². The number of carboxylic acid groups (broad SMARTS) is 1. The Morgan fingerprint density at radius 3 is 2.70 bits per heavy atom. The molecule has 100 valence electrons. The lowest BCUT2D eigenvalue weighted by Crippen LogP contribution is -1.99. The lowest BCUT2D eigenvalue weighted by molar-refractivity contribution is 0.0697. The number of aromatic carboxylic acids is 1. The van der Waals surface area contributed by atoms with Crippen molar-refractivity contribution in [2.24, 2.45) is 0 Å². The SMILES string of the molecule is COc1ncc(C(=O)O)c2onc(-c3ccccc3)c12. The van der Waals surface area contributed by atoms with Gasteiger partial charge in [-0.1, -0.05) is 35.5 Å². The maximum Gasteiger partial charge on any atom is 0.341 e. The van der Waals surface area contributed by atoms with Crippen LogP contribution in [0.2, 0.25) is 0 Å². The highest BCUT2D eigenvalue weighted by molar-refractivity contribution is 6.06. The van der Waals surface area contributed by atoms with Crippen molar-refractivity contribution in [2.75, 3.05) is 7.11 Å². The Bertz CT molecular complexity index is 780. The van der Waals surface area contributed by atoms with Crippen molar-refractivity contribution in [2.45, 2.75) is 0 Å². The molecule has 3 rings (SSSR count). The number of ether oxygens (including phenoxy) is 1. The monoisotopic (exact) mass is 270 g/mol. The number of fused-ring (bicyclic) bond motifs is 1. The Morgan fingerprint density at radius 1 is 1.30 bits per heavy atom. The molecule has 0 spiro atoms. The first kappa shape index (κ1) is 12.2. The summed E-state index contributed by atoms with van der Waals surface area (Å²) in [4.78, 5) is 15.2. The van der Waals surface area contributed by atoms with Crippen molar-refractivity contribution in [3.8, 4) is 17.1 Å². The summed E-state index contributed by atoms with van der Waals surface area (Å²) in [6.07, 6.45) is 1.20. The minimum atomic E-state index is -1.12. The normalized spacial score (nSPS) is 10.7. The quantitative estimate of drug-likeness (QED) is 0.787. The van der Waals surface area contributed by atoms with Gasteiger partial charge in [-0.05, 0) is 0 Å². The number of carboxylic acids is 1. The summed E-state index contributed by atoms with van der Waals surface area (Å²) in [6.45, 7) is 0. The Morgan fingerprint density at radius 2 is 2.05 bits per heavy atom. The van der Waals surface area contributed by atoms with Gasteiger partial charge in [0.05, 0.1) is 7.11 Å². The Hall–Kier alpha value is -2.89. The van der Waals surface area contributed by atoms with Crippen LogP contribution < -0.4 is 4.74 Å². The molecule has 0 fully saturated rings. The van der Waals surface area contributed by atoms with Gasteiger partial charge in [-0.2, -0.15) is 0 Å². The summed E-state index contributed by atoms with van der Waals surface area (Å²) in [6, 6.07) is 9.30. The molecule has 20 heavy (non-hydrogen) atoms. The van der Waals surface area contributed by atoms with E-state index in [0.717, 1.165) is 5.56 Å². The number of rotatable bonds is 3. The molecule has 1 N–H and O–H groups in total. The van der Waals surface area contributed by atoms with E-state index in [-0.39, 0.29) is 17.0 Å². The fraction of sp³-hybridized carbons (Fsp3) is 0.0714. The van der Waals surface area contributed by atoms with Crippen LogP contribution in [0.5, 0.6) is 5.88 Å². The lowest BCUT2D eigenvalue weighted by atomic mass is 10.1. The molecule has 0 aliphatic carbocycles. The second-order valence-electron chi connectivity index (χ2n) is 4.09. The molecule has 0 radical (unpaired) electrons. The van der Waals surface area contributed by atoms with Gasteiger partial charge in [0.1, 0.15) is 16.6 Å². The number of methoxy groups -OCH3 is 1. The summed E-state index contributed by atoms with van der Waals surface area (Å²) in [5, 5.41) is 13.6. The Labute approximate surface area is 113 Å². The van der Waals surface area contributed by atoms with Gasteiger partial charge in [-0.25, -0.2) is 9.78 Å². The third-order valence-corrected chi connectivity index (χ3v) is 2.93. The molecular formula is C14H10N2O4. The fourth-order valence-electron chi connectivity index (χ4n) is 2.02. The second-order valence-corrected chi connectivity index (χ2v) is 4.09. The standard InChI is InChI=1S/C14H10N2O4/c1-19-13-10-11(8-5-3-2-4-6-8)16-20-12(10)9(7-15-13)14(17)18/h2-7H,1H3,(H,17,18). The second kappa shape index (κ2) is 4.65. The average molecular weight is 270 g/mol. The highest BCUT2D eigenvalue weighted by Gasteiger charge is 2.22. The predicted molar refractivity (Wildman–Crippen MR) is 70.8 cm³/mol. The van der Waals surface area contributed by atoms with E-state index in [2.05, 4.69) is 10.1 Å². The van der Waals surface area contributed by atoms with E-state index in [9.17, 15) is 4.79 Å². The van der Waals surface area contributed by atoms with Crippen LogP contribution in [-0.4, -0.2) is 28.3 Å². The molecule has 0 aliphatic rings. The van der Waals surface area contributed by atoms with E-state index in [1.807, 2.05) is 30.3 Å². The molecule has 2 aromatic heterocycles. The van der Waals surface area contributed by atoms with Gasteiger partial charge in [-0.3, -0.25) is 0 Å². The van der Waals surface area contributed by atoms with Crippen molar-refractivity contribution >= 4 is 16.9 Å². The summed E-state index contributed by atoms with van der Waals surface area (Å²) < 4.78 is 10.4. The Kier molecular flexibility index (Phi) is 2.83. The minimum Gasteiger partial charge on any atom is -0.480 e. The van der Waals surface area contributed by atoms with Gasteiger partial charge in [0.2, 0.25) is 5.88 Å². The zero-order valence-electron chi connectivity index (χ0n) is 10.5. The van der Waals surface area contributed by atoms with Gasteiger partial charge in [-0.15, -0.1) is 0 Å². The summed E-state index contributed by atoms with van der Waals surface area (Å²) >= 11 is 0. The van der Waals surface area contributed by atoms with Crippen LogP contribution in [0.4, 0.5) is 0 Å². The summed E-state index contributed by atoms with van der Waals surface area (Å²) in [7, 11) is 1.46. The van der Waals surface area contributed by atoms with Crippen molar-refractivity contribution in [3.63, 3.8) is 0 Å². The molecule has 3 aromatic rings. The van der Waals surface area contributed by atoms with Crippen LogP contribution in [0.3, 0.4) is 0 Å². The van der Waals surface area contributed by atoms with Gasteiger partial charge in [0, 0.05) is 11.8 Å². The van der Waals surface area contributed by atoms with Crippen molar-refractivity contribution in [1.82, 2.24) is 10.1 Å². The molecule has 6 heteroatoms.